The number of nitrogens with two attached hydrogens (primary N) is 1. The second kappa shape index (κ2) is 4.22. The minimum absolute atomic E-state index is 0.136. The van der Waals surface area contributed by atoms with Crippen LogP contribution in [0.4, 0.5) is 15.8 Å². The lowest BCUT2D eigenvalue weighted by Gasteiger charge is -2.09. The SMILES string of the molecule is Cn1ccnc1CNc1cccc(F)c1N. The predicted octanol–water partition coefficient (Wildman–Crippen LogP) is 1.75. The molecule has 0 aliphatic rings. The molecule has 0 amide bonds. The third kappa shape index (κ3) is 1.98. The minimum atomic E-state index is -0.412. The number of halogens is 1. The van der Waals surface area contributed by atoms with Gasteiger partial charge in [0.1, 0.15) is 11.6 Å². The fourth-order valence-electron chi connectivity index (χ4n) is 1.43. The highest BCUT2D eigenvalue weighted by Crippen LogP contribution is 2.21. The first-order valence-electron chi connectivity index (χ1n) is 4.92. The summed E-state index contributed by atoms with van der Waals surface area (Å²) in [7, 11) is 1.90. The van der Waals surface area contributed by atoms with E-state index in [0.717, 1.165) is 5.82 Å². The maximum Gasteiger partial charge on any atom is 0.148 e. The van der Waals surface area contributed by atoms with Gasteiger partial charge in [0.15, 0.2) is 0 Å². The van der Waals surface area contributed by atoms with E-state index in [9.17, 15) is 4.39 Å². The largest absolute Gasteiger partial charge is 0.395 e. The number of hydrogen-bond donors (Lipinski definition) is 2. The Hall–Kier alpha value is -2.04. The van der Waals surface area contributed by atoms with Crippen LogP contribution in [0.3, 0.4) is 0 Å². The first kappa shape index (κ1) is 10.5. The maximum absolute atomic E-state index is 13.1. The number of aryl methyl sites for hydroxylation is 1. The van der Waals surface area contributed by atoms with Crippen molar-refractivity contribution in [3.8, 4) is 0 Å². The molecule has 0 saturated carbocycles. The fraction of sp³-hybridized carbons (Fsp3) is 0.182. The van der Waals surface area contributed by atoms with E-state index in [0.29, 0.717) is 12.2 Å². The minimum Gasteiger partial charge on any atom is -0.395 e. The van der Waals surface area contributed by atoms with E-state index in [1.54, 1.807) is 18.3 Å². The molecular weight excluding hydrogens is 207 g/mol. The summed E-state index contributed by atoms with van der Waals surface area (Å²) in [6.45, 7) is 0.511. The first-order chi connectivity index (χ1) is 7.68. The average Bonchev–Trinajstić information content (AvgIpc) is 2.67. The van der Waals surface area contributed by atoms with Crippen molar-refractivity contribution in [2.75, 3.05) is 11.1 Å². The van der Waals surface area contributed by atoms with Gasteiger partial charge in [-0.15, -0.1) is 0 Å². The van der Waals surface area contributed by atoms with E-state index >= 15 is 0 Å². The van der Waals surface area contributed by atoms with E-state index in [2.05, 4.69) is 10.3 Å². The summed E-state index contributed by atoms with van der Waals surface area (Å²) in [5.74, 6) is 0.452. The molecule has 2 aromatic rings. The molecule has 0 fully saturated rings. The molecule has 0 bridgehead atoms. The molecule has 0 spiro atoms. The zero-order valence-corrected chi connectivity index (χ0v) is 8.94. The Morgan fingerprint density at radius 3 is 3.00 bits per heavy atom. The van der Waals surface area contributed by atoms with Crippen molar-refractivity contribution >= 4 is 11.4 Å². The van der Waals surface area contributed by atoms with Crippen molar-refractivity contribution in [1.82, 2.24) is 9.55 Å². The maximum atomic E-state index is 13.1. The van der Waals surface area contributed by atoms with Crippen LogP contribution in [0.25, 0.3) is 0 Å². The van der Waals surface area contributed by atoms with Gasteiger partial charge in [-0.05, 0) is 12.1 Å². The summed E-state index contributed by atoms with van der Waals surface area (Å²) in [5.41, 5.74) is 6.32. The lowest BCUT2D eigenvalue weighted by atomic mass is 10.2. The fourth-order valence-corrected chi connectivity index (χ4v) is 1.43. The van der Waals surface area contributed by atoms with E-state index in [1.807, 2.05) is 17.8 Å². The quantitative estimate of drug-likeness (QED) is 0.775. The van der Waals surface area contributed by atoms with E-state index in [-0.39, 0.29) is 5.69 Å². The number of para-hydroxylation sites is 1. The number of nitrogen functional groups attached to an aromatic ring is 1. The van der Waals surface area contributed by atoms with Gasteiger partial charge in [-0.2, -0.15) is 0 Å². The Morgan fingerprint density at radius 2 is 2.31 bits per heavy atom. The van der Waals surface area contributed by atoms with Crippen LogP contribution < -0.4 is 11.1 Å². The molecule has 1 heterocycles. The third-order valence-corrected chi connectivity index (χ3v) is 2.41. The molecule has 0 atom stereocenters. The van der Waals surface area contributed by atoms with E-state index in [4.69, 9.17) is 5.73 Å². The molecule has 0 unspecified atom stereocenters. The average molecular weight is 220 g/mol. The Kier molecular flexibility index (Phi) is 2.76. The molecular formula is C11H13FN4. The van der Waals surface area contributed by atoms with Crippen LogP contribution in [0.5, 0.6) is 0 Å². The number of anilines is 2. The van der Waals surface area contributed by atoms with Crippen LogP contribution in [0.1, 0.15) is 5.82 Å². The van der Waals surface area contributed by atoms with Crippen molar-refractivity contribution in [2.45, 2.75) is 6.54 Å². The number of imidazole rings is 1. The number of hydrogen-bond acceptors (Lipinski definition) is 3. The van der Waals surface area contributed by atoms with Gasteiger partial charge >= 0.3 is 0 Å². The normalized spacial score (nSPS) is 10.4. The molecule has 2 rings (SSSR count). The molecule has 0 radical (unpaired) electrons. The van der Waals surface area contributed by atoms with Gasteiger partial charge in [0.25, 0.3) is 0 Å². The highest BCUT2D eigenvalue weighted by atomic mass is 19.1. The number of nitrogens with one attached hydrogen (secondary N) is 1. The molecule has 0 saturated heterocycles. The number of benzene rings is 1. The molecule has 0 aliphatic carbocycles. The summed E-state index contributed by atoms with van der Waals surface area (Å²) in [4.78, 5) is 4.15. The van der Waals surface area contributed by atoms with Crippen LogP contribution in [0.2, 0.25) is 0 Å². The Labute approximate surface area is 92.9 Å². The third-order valence-electron chi connectivity index (χ3n) is 2.41. The summed E-state index contributed by atoms with van der Waals surface area (Å²) >= 11 is 0. The van der Waals surface area contributed by atoms with Gasteiger partial charge in [-0.3, -0.25) is 0 Å². The van der Waals surface area contributed by atoms with Crippen LogP contribution in [0.15, 0.2) is 30.6 Å². The van der Waals surface area contributed by atoms with Crippen LogP contribution in [0, 0.1) is 5.82 Å². The number of aromatic nitrogens is 2. The van der Waals surface area contributed by atoms with E-state index in [1.165, 1.54) is 6.07 Å². The van der Waals surface area contributed by atoms with Gasteiger partial charge in [-0.25, -0.2) is 9.37 Å². The van der Waals surface area contributed by atoms with Crippen molar-refractivity contribution in [3.63, 3.8) is 0 Å². The predicted molar refractivity (Wildman–Crippen MR) is 61.3 cm³/mol. The Bertz CT molecular complexity index is 492. The summed E-state index contributed by atoms with van der Waals surface area (Å²) in [5, 5.41) is 3.05. The molecule has 0 aliphatic heterocycles. The molecule has 4 nitrogen and oxygen atoms in total. The Morgan fingerprint density at radius 1 is 1.50 bits per heavy atom. The molecule has 1 aromatic heterocycles. The lowest BCUT2D eigenvalue weighted by molar-refractivity contribution is 0.633. The van der Waals surface area contributed by atoms with Gasteiger partial charge in [0.05, 0.1) is 17.9 Å². The summed E-state index contributed by atoms with van der Waals surface area (Å²) < 4.78 is 15.0. The smallest absolute Gasteiger partial charge is 0.148 e. The molecule has 3 N–H and O–H groups in total. The lowest BCUT2D eigenvalue weighted by Crippen LogP contribution is -2.07. The van der Waals surface area contributed by atoms with Gasteiger partial charge in [-0.1, -0.05) is 6.07 Å². The molecule has 16 heavy (non-hydrogen) atoms. The van der Waals surface area contributed by atoms with Gasteiger partial charge in [0.2, 0.25) is 0 Å². The Balaban J connectivity index is 2.11. The van der Waals surface area contributed by atoms with Crippen molar-refractivity contribution in [1.29, 1.82) is 0 Å². The highest BCUT2D eigenvalue weighted by Gasteiger charge is 2.04. The van der Waals surface area contributed by atoms with Crippen LogP contribution >= 0.6 is 0 Å². The summed E-state index contributed by atoms with van der Waals surface area (Å²) in [6, 6.07) is 4.69. The highest BCUT2D eigenvalue weighted by molar-refractivity contribution is 5.66. The molecule has 5 heteroatoms. The van der Waals surface area contributed by atoms with Gasteiger partial charge < -0.3 is 15.6 Å². The zero-order chi connectivity index (χ0) is 11.5. The van der Waals surface area contributed by atoms with Crippen molar-refractivity contribution < 1.29 is 4.39 Å². The molecule has 1 aromatic carbocycles. The number of rotatable bonds is 3. The second-order valence-electron chi connectivity index (χ2n) is 3.51. The van der Waals surface area contributed by atoms with Gasteiger partial charge in [0, 0.05) is 19.4 Å². The van der Waals surface area contributed by atoms with Crippen molar-refractivity contribution in [3.05, 3.63) is 42.2 Å². The van der Waals surface area contributed by atoms with Crippen LogP contribution in [-0.2, 0) is 13.6 Å². The second-order valence-corrected chi connectivity index (χ2v) is 3.51. The van der Waals surface area contributed by atoms with E-state index < -0.39 is 5.82 Å². The number of nitrogens with zero attached hydrogens (tertiary/aromatic N) is 2. The molecule has 84 valence electrons. The monoisotopic (exact) mass is 220 g/mol. The first-order valence-corrected chi connectivity index (χ1v) is 4.92. The zero-order valence-electron chi connectivity index (χ0n) is 8.94. The summed E-state index contributed by atoms with van der Waals surface area (Å²) in [6.07, 6.45) is 3.57. The topological polar surface area (TPSA) is 55.9 Å². The van der Waals surface area contributed by atoms with Crippen LogP contribution in [-0.4, -0.2) is 9.55 Å². The van der Waals surface area contributed by atoms with Crippen molar-refractivity contribution in [2.24, 2.45) is 7.05 Å². The standard InChI is InChI=1S/C11H13FN4/c1-16-6-5-14-10(16)7-15-9-4-2-3-8(12)11(9)13/h2-6,15H,7,13H2,1H3.